The Bertz CT molecular complexity index is 744. The molecule has 3 N–H and O–H groups in total. The minimum absolute atomic E-state index is 0.180. The van der Waals surface area contributed by atoms with Gasteiger partial charge in [0.25, 0.3) is 5.91 Å². The highest BCUT2D eigenvalue weighted by Crippen LogP contribution is 2.38. The van der Waals surface area contributed by atoms with Crippen LogP contribution in [0.1, 0.15) is 10.4 Å². The van der Waals surface area contributed by atoms with Gasteiger partial charge in [-0.3, -0.25) is 4.79 Å². The summed E-state index contributed by atoms with van der Waals surface area (Å²) in [6, 6.07) is 6.79. The van der Waals surface area contributed by atoms with E-state index in [0.29, 0.717) is 0 Å². The zero-order valence-corrected chi connectivity index (χ0v) is 12.2. The second kappa shape index (κ2) is 6.57. The summed E-state index contributed by atoms with van der Waals surface area (Å²) in [4.78, 5) is 12.1. The Balaban J connectivity index is 2.16. The number of amides is 1. The number of halogens is 3. The van der Waals surface area contributed by atoms with E-state index < -0.39 is 23.8 Å². The lowest BCUT2D eigenvalue weighted by atomic mass is 10.1. The number of benzene rings is 2. The third-order valence-corrected chi connectivity index (χ3v) is 2.91. The Morgan fingerprint density at radius 1 is 1.08 bits per heavy atom. The molecule has 6 nitrogen and oxygen atoms in total. The van der Waals surface area contributed by atoms with Gasteiger partial charge >= 0.3 is 6.36 Å². The molecule has 2 aromatic carbocycles. The quantitative estimate of drug-likeness (QED) is 0.793. The van der Waals surface area contributed by atoms with Gasteiger partial charge in [-0.15, -0.1) is 13.2 Å². The number of phenolic OH excluding ortho intramolecular Hbond substituents is 2. The fourth-order valence-electron chi connectivity index (χ4n) is 1.88. The largest absolute Gasteiger partial charge is 0.573 e. The van der Waals surface area contributed by atoms with Crippen molar-refractivity contribution >= 4 is 11.6 Å². The molecule has 0 atom stereocenters. The average Bonchev–Trinajstić information content (AvgIpc) is 2.48. The van der Waals surface area contributed by atoms with E-state index in [0.717, 1.165) is 18.2 Å². The van der Waals surface area contributed by atoms with Crippen LogP contribution in [0.15, 0.2) is 36.4 Å². The number of phenols is 2. The summed E-state index contributed by atoms with van der Waals surface area (Å²) in [5.74, 6) is -2.35. The maximum atomic E-state index is 12.1. The number of carbonyl (C=O) groups is 1. The molecule has 0 radical (unpaired) electrons. The summed E-state index contributed by atoms with van der Waals surface area (Å²) in [7, 11) is 1.20. The molecule has 0 aliphatic carbocycles. The van der Waals surface area contributed by atoms with Crippen molar-refractivity contribution in [2.45, 2.75) is 6.36 Å². The standard InChI is InChI=1S/C15H12F3NO5/c1-23-13-11(20)7-6-10(12(13)21)14(22)19-8-2-4-9(5-3-8)24-15(16,17)18/h2-7,20-21H,1H3,(H,19,22). The van der Waals surface area contributed by atoms with Crippen LogP contribution >= 0.6 is 0 Å². The molecule has 24 heavy (non-hydrogen) atoms. The molecule has 9 heteroatoms. The van der Waals surface area contributed by atoms with Crippen LogP contribution in [0.25, 0.3) is 0 Å². The first-order chi connectivity index (χ1) is 11.2. The number of hydrogen-bond acceptors (Lipinski definition) is 5. The first-order valence-electron chi connectivity index (χ1n) is 6.47. The van der Waals surface area contributed by atoms with E-state index in [1.807, 2.05) is 0 Å². The molecule has 128 valence electrons. The molecule has 0 fully saturated rings. The zero-order chi connectivity index (χ0) is 17.9. The van der Waals surface area contributed by atoms with Gasteiger partial charge in [0.2, 0.25) is 5.75 Å². The van der Waals surface area contributed by atoms with Crippen LogP contribution in [0.5, 0.6) is 23.0 Å². The van der Waals surface area contributed by atoms with Crippen molar-refractivity contribution in [1.29, 1.82) is 0 Å². The normalized spacial score (nSPS) is 11.0. The summed E-state index contributed by atoms with van der Waals surface area (Å²) in [6.07, 6.45) is -4.81. The van der Waals surface area contributed by atoms with Gasteiger partial charge in [0, 0.05) is 5.69 Å². The molecular weight excluding hydrogens is 331 g/mol. The summed E-state index contributed by atoms with van der Waals surface area (Å²) >= 11 is 0. The highest BCUT2D eigenvalue weighted by molar-refractivity contribution is 6.06. The molecule has 0 heterocycles. The van der Waals surface area contributed by atoms with Crippen molar-refractivity contribution in [2.24, 2.45) is 0 Å². The van der Waals surface area contributed by atoms with E-state index in [1.54, 1.807) is 0 Å². The van der Waals surface area contributed by atoms with E-state index in [-0.39, 0.29) is 22.7 Å². The van der Waals surface area contributed by atoms with Crippen LogP contribution in [0.3, 0.4) is 0 Å². The van der Waals surface area contributed by atoms with Crippen LogP contribution in [0, 0.1) is 0 Å². The summed E-state index contributed by atoms with van der Waals surface area (Å²) in [6.45, 7) is 0. The van der Waals surface area contributed by atoms with Crippen molar-refractivity contribution < 1.29 is 37.7 Å². The summed E-state index contributed by atoms with van der Waals surface area (Å²) in [5.41, 5.74) is 0.00114. The van der Waals surface area contributed by atoms with Crippen LogP contribution in [0.2, 0.25) is 0 Å². The lowest BCUT2D eigenvalue weighted by molar-refractivity contribution is -0.274. The van der Waals surface area contributed by atoms with E-state index in [9.17, 15) is 28.2 Å². The maximum absolute atomic E-state index is 12.1. The molecule has 2 rings (SSSR count). The minimum atomic E-state index is -4.81. The number of methoxy groups -OCH3 is 1. The average molecular weight is 343 g/mol. The molecule has 0 aromatic heterocycles. The number of aromatic hydroxyl groups is 2. The lowest BCUT2D eigenvalue weighted by Gasteiger charge is -2.12. The van der Waals surface area contributed by atoms with Crippen molar-refractivity contribution in [3.8, 4) is 23.0 Å². The highest BCUT2D eigenvalue weighted by atomic mass is 19.4. The van der Waals surface area contributed by atoms with Crippen LogP contribution < -0.4 is 14.8 Å². The molecule has 0 saturated heterocycles. The fraction of sp³-hybridized carbons (Fsp3) is 0.133. The second-order valence-corrected chi connectivity index (χ2v) is 4.54. The number of nitrogens with one attached hydrogen (secondary N) is 1. The fourth-order valence-corrected chi connectivity index (χ4v) is 1.88. The number of ether oxygens (including phenoxy) is 2. The number of rotatable bonds is 4. The summed E-state index contributed by atoms with van der Waals surface area (Å²) in [5, 5.41) is 21.8. The summed E-state index contributed by atoms with van der Waals surface area (Å²) < 4.78 is 44.7. The van der Waals surface area contributed by atoms with E-state index >= 15 is 0 Å². The highest BCUT2D eigenvalue weighted by Gasteiger charge is 2.31. The zero-order valence-electron chi connectivity index (χ0n) is 12.2. The third kappa shape index (κ3) is 4.00. The number of anilines is 1. The van der Waals surface area contributed by atoms with E-state index in [2.05, 4.69) is 10.1 Å². The van der Waals surface area contributed by atoms with Gasteiger partial charge in [0.15, 0.2) is 11.5 Å². The predicted octanol–water partition coefficient (Wildman–Crippen LogP) is 3.26. The number of carbonyl (C=O) groups excluding carboxylic acids is 1. The van der Waals surface area contributed by atoms with Gasteiger partial charge in [0.05, 0.1) is 12.7 Å². The topological polar surface area (TPSA) is 88.0 Å². The monoisotopic (exact) mass is 343 g/mol. The first kappa shape index (κ1) is 17.3. The van der Waals surface area contributed by atoms with Gasteiger partial charge in [-0.1, -0.05) is 0 Å². The Kier molecular flexibility index (Phi) is 4.72. The maximum Gasteiger partial charge on any atom is 0.573 e. The van der Waals surface area contributed by atoms with Crippen molar-refractivity contribution in [3.63, 3.8) is 0 Å². The Morgan fingerprint density at radius 2 is 1.71 bits per heavy atom. The number of alkyl halides is 3. The van der Waals surface area contributed by atoms with Gasteiger partial charge in [-0.2, -0.15) is 0 Å². The van der Waals surface area contributed by atoms with Gasteiger partial charge in [-0.05, 0) is 36.4 Å². The lowest BCUT2D eigenvalue weighted by Crippen LogP contribution is -2.17. The van der Waals surface area contributed by atoms with Gasteiger partial charge in [-0.25, -0.2) is 0 Å². The van der Waals surface area contributed by atoms with Crippen molar-refractivity contribution in [3.05, 3.63) is 42.0 Å². The van der Waals surface area contributed by atoms with Gasteiger partial charge < -0.3 is 25.0 Å². The Morgan fingerprint density at radius 3 is 2.25 bits per heavy atom. The molecule has 0 bridgehead atoms. The van der Waals surface area contributed by atoms with Crippen molar-refractivity contribution in [2.75, 3.05) is 12.4 Å². The molecule has 2 aromatic rings. The molecule has 0 aliphatic rings. The molecular formula is C15H12F3NO5. The van der Waals surface area contributed by atoms with Crippen LogP contribution in [-0.4, -0.2) is 29.6 Å². The third-order valence-electron chi connectivity index (χ3n) is 2.91. The number of hydrogen-bond donors (Lipinski definition) is 3. The Labute approximate surface area is 134 Å². The van der Waals surface area contributed by atoms with Crippen LogP contribution in [0.4, 0.5) is 18.9 Å². The van der Waals surface area contributed by atoms with Crippen molar-refractivity contribution in [1.82, 2.24) is 0 Å². The van der Waals surface area contributed by atoms with Gasteiger partial charge in [0.1, 0.15) is 5.75 Å². The molecule has 0 unspecified atom stereocenters. The minimum Gasteiger partial charge on any atom is -0.504 e. The molecule has 0 aliphatic heterocycles. The molecule has 0 spiro atoms. The molecule has 1 amide bonds. The molecule has 0 saturated carbocycles. The second-order valence-electron chi connectivity index (χ2n) is 4.54. The first-order valence-corrected chi connectivity index (χ1v) is 6.47. The SMILES string of the molecule is COc1c(O)ccc(C(=O)Nc2ccc(OC(F)(F)F)cc2)c1O. The predicted molar refractivity (Wildman–Crippen MR) is 77.4 cm³/mol. The van der Waals surface area contributed by atoms with E-state index in [1.165, 1.54) is 25.3 Å². The van der Waals surface area contributed by atoms with Crippen LogP contribution in [-0.2, 0) is 0 Å². The Hall–Kier alpha value is -3.10. The van der Waals surface area contributed by atoms with E-state index in [4.69, 9.17) is 4.74 Å². The smallest absolute Gasteiger partial charge is 0.504 e.